The van der Waals surface area contributed by atoms with Crippen LogP contribution < -0.4 is 14.9 Å². The maximum Gasteiger partial charge on any atom is 0.239 e. The van der Waals surface area contributed by atoms with Gasteiger partial charge in [0.15, 0.2) is 11.5 Å². The van der Waals surface area contributed by atoms with Crippen LogP contribution in [-0.4, -0.2) is 60.9 Å². The van der Waals surface area contributed by atoms with Gasteiger partial charge in [0, 0.05) is 30.3 Å². The fourth-order valence-corrected chi connectivity index (χ4v) is 6.02. The van der Waals surface area contributed by atoms with Gasteiger partial charge in [-0.1, -0.05) is 6.07 Å². The van der Waals surface area contributed by atoms with Crippen molar-refractivity contribution in [3.05, 3.63) is 53.9 Å². The number of pyridine rings is 1. The molecule has 2 N–H and O–H groups in total. The lowest BCUT2D eigenvalue weighted by Crippen LogP contribution is -2.26. The van der Waals surface area contributed by atoms with Crippen molar-refractivity contribution in [1.82, 2.24) is 15.2 Å². The number of benzene rings is 1. The molecule has 2 aromatic heterocycles. The third-order valence-corrected chi connectivity index (χ3v) is 8.46. The van der Waals surface area contributed by atoms with Crippen LogP contribution in [0.4, 0.5) is 22.9 Å². The molecule has 1 saturated carbocycles. The Morgan fingerprint density at radius 2 is 2.00 bits per heavy atom. The van der Waals surface area contributed by atoms with Crippen LogP contribution in [0.2, 0.25) is 0 Å². The Morgan fingerprint density at radius 3 is 2.67 bits per heavy atom. The molecular formula is C26H24N8O4S. The molecule has 39 heavy (non-hydrogen) atoms. The lowest BCUT2D eigenvalue weighted by atomic mass is 10.1. The molecule has 1 aliphatic carbocycles. The van der Waals surface area contributed by atoms with E-state index in [1.54, 1.807) is 30.3 Å². The molecule has 0 spiro atoms. The summed E-state index contributed by atoms with van der Waals surface area (Å²) in [6.45, 7) is 1.24. The minimum absolute atomic E-state index is 0.0132. The highest BCUT2D eigenvalue weighted by Gasteiger charge is 2.32. The molecular weight excluding hydrogens is 520 g/mol. The number of hydrogen-bond donors (Lipinski definition) is 2. The van der Waals surface area contributed by atoms with Gasteiger partial charge in [-0.25, -0.2) is 13.4 Å². The summed E-state index contributed by atoms with van der Waals surface area (Å²) in [4.78, 5) is 21.1. The summed E-state index contributed by atoms with van der Waals surface area (Å²) in [5.74, 6) is 0.515. The number of aromatic nitrogens is 3. The van der Waals surface area contributed by atoms with Crippen molar-refractivity contribution in [1.29, 1.82) is 5.26 Å². The first-order valence-electron chi connectivity index (χ1n) is 12.6. The summed E-state index contributed by atoms with van der Waals surface area (Å²) in [5.41, 5.74) is 3.48. The molecule has 1 saturated heterocycles. The number of nitrogens with zero attached hydrogens (tertiary/aromatic N) is 6. The molecule has 12 nitrogen and oxygen atoms in total. The van der Waals surface area contributed by atoms with Gasteiger partial charge in [0.1, 0.15) is 12.7 Å². The molecule has 0 bridgehead atoms. The molecule has 0 radical (unpaired) electrons. The van der Waals surface area contributed by atoms with Gasteiger partial charge < -0.3 is 15.4 Å². The highest BCUT2D eigenvalue weighted by atomic mass is 32.2. The standard InChI is InChI=1S/C26H24N8O4S/c27-14-16-2-6-19(29-15-16)18-5-7-20(22(12-18)34-9-1-11-39(34,36)37)30-21-13-23(31-25(35)17-3-4-17)32-33-24(21)26-28-8-10-38-26/h2,5-7,12-13,15,17H,1,3-4,8-11H2,(H2,30,31,32,35). The lowest BCUT2D eigenvalue weighted by Gasteiger charge is -2.23. The largest absolute Gasteiger partial charge is 0.474 e. The van der Waals surface area contributed by atoms with E-state index in [1.165, 1.54) is 10.5 Å². The fraction of sp³-hybridized carbons (Fsp3) is 0.308. The van der Waals surface area contributed by atoms with E-state index in [2.05, 4.69) is 30.8 Å². The molecule has 0 unspecified atom stereocenters. The van der Waals surface area contributed by atoms with Crippen LogP contribution in [0.25, 0.3) is 11.3 Å². The zero-order valence-electron chi connectivity index (χ0n) is 20.8. The number of ether oxygens (including phenoxy) is 1. The lowest BCUT2D eigenvalue weighted by molar-refractivity contribution is -0.117. The van der Waals surface area contributed by atoms with Gasteiger partial charge in [-0.3, -0.25) is 14.1 Å². The van der Waals surface area contributed by atoms with E-state index in [0.29, 0.717) is 71.6 Å². The van der Waals surface area contributed by atoms with Crippen LogP contribution in [0.15, 0.2) is 47.6 Å². The molecule has 2 aliphatic heterocycles. The number of carbonyl (C=O) groups is 1. The Bertz CT molecular complexity index is 1630. The third-order valence-electron chi connectivity index (χ3n) is 6.60. The highest BCUT2D eigenvalue weighted by Crippen LogP contribution is 2.38. The van der Waals surface area contributed by atoms with Crippen LogP contribution in [0.5, 0.6) is 0 Å². The molecule has 1 amide bonds. The predicted molar refractivity (Wildman–Crippen MR) is 144 cm³/mol. The van der Waals surface area contributed by atoms with E-state index in [9.17, 15) is 13.2 Å². The minimum Gasteiger partial charge on any atom is -0.474 e. The van der Waals surface area contributed by atoms with Crippen molar-refractivity contribution in [2.45, 2.75) is 19.3 Å². The van der Waals surface area contributed by atoms with Crippen LogP contribution in [0, 0.1) is 17.2 Å². The fourth-order valence-electron chi connectivity index (χ4n) is 4.45. The summed E-state index contributed by atoms with van der Waals surface area (Å²) >= 11 is 0. The number of carbonyl (C=O) groups excluding carboxylic acids is 1. The molecule has 2 fully saturated rings. The SMILES string of the molecule is N#Cc1ccc(-c2ccc(Nc3cc(NC(=O)C4CC4)nnc3C3=NCCO3)c(N3CCCS3(=O)=O)c2)nc1. The Morgan fingerprint density at radius 1 is 1.13 bits per heavy atom. The Kier molecular flexibility index (Phi) is 6.32. The normalized spacial score (nSPS) is 17.7. The predicted octanol–water partition coefficient (Wildman–Crippen LogP) is 2.82. The van der Waals surface area contributed by atoms with Crippen molar-refractivity contribution in [3.63, 3.8) is 0 Å². The van der Waals surface area contributed by atoms with Crippen molar-refractivity contribution >= 4 is 44.7 Å². The monoisotopic (exact) mass is 544 g/mol. The van der Waals surface area contributed by atoms with E-state index in [-0.39, 0.29) is 23.4 Å². The van der Waals surface area contributed by atoms with E-state index >= 15 is 0 Å². The minimum atomic E-state index is -3.52. The number of nitriles is 1. The van der Waals surface area contributed by atoms with Gasteiger partial charge in [0.2, 0.25) is 21.8 Å². The van der Waals surface area contributed by atoms with Gasteiger partial charge in [-0.05, 0) is 43.5 Å². The number of anilines is 4. The molecule has 4 heterocycles. The Balaban J connectivity index is 1.41. The van der Waals surface area contributed by atoms with Gasteiger partial charge in [-0.2, -0.15) is 5.26 Å². The summed E-state index contributed by atoms with van der Waals surface area (Å²) < 4.78 is 32.9. The molecule has 1 aromatic carbocycles. The number of nitrogens with one attached hydrogen (secondary N) is 2. The molecule has 3 aromatic rings. The summed E-state index contributed by atoms with van der Waals surface area (Å²) in [7, 11) is -3.52. The number of hydrogen-bond acceptors (Lipinski definition) is 10. The van der Waals surface area contributed by atoms with Gasteiger partial charge in [0.05, 0.1) is 40.6 Å². The molecule has 3 aliphatic rings. The second-order valence-electron chi connectivity index (χ2n) is 9.43. The zero-order chi connectivity index (χ0) is 27.0. The van der Waals surface area contributed by atoms with Gasteiger partial charge in [-0.15, -0.1) is 10.2 Å². The average molecular weight is 545 g/mol. The van der Waals surface area contributed by atoms with E-state index in [4.69, 9.17) is 10.00 Å². The van der Waals surface area contributed by atoms with E-state index in [1.807, 2.05) is 12.1 Å². The van der Waals surface area contributed by atoms with Crippen LogP contribution in [0.1, 0.15) is 30.5 Å². The smallest absolute Gasteiger partial charge is 0.239 e. The molecule has 6 rings (SSSR count). The van der Waals surface area contributed by atoms with Crippen LogP contribution in [0.3, 0.4) is 0 Å². The van der Waals surface area contributed by atoms with E-state index < -0.39 is 10.0 Å². The summed E-state index contributed by atoms with van der Waals surface area (Å²) in [5, 5.41) is 23.6. The molecule has 198 valence electrons. The average Bonchev–Trinajstić information content (AvgIpc) is 3.54. The maximum absolute atomic E-state index is 13.0. The zero-order valence-corrected chi connectivity index (χ0v) is 21.6. The van der Waals surface area contributed by atoms with Crippen molar-refractivity contribution in [2.75, 3.05) is 40.4 Å². The van der Waals surface area contributed by atoms with Gasteiger partial charge in [0.25, 0.3) is 0 Å². The number of rotatable bonds is 7. The first kappa shape index (κ1) is 24.7. The number of sulfonamides is 1. The maximum atomic E-state index is 13.0. The highest BCUT2D eigenvalue weighted by molar-refractivity contribution is 7.93. The van der Waals surface area contributed by atoms with Crippen molar-refractivity contribution in [2.24, 2.45) is 10.9 Å². The number of aliphatic imine (C=N–C) groups is 1. The Hall–Kier alpha value is -4.57. The Labute approximate surface area is 224 Å². The number of amides is 1. The van der Waals surface area contributed by atoms with Crippen molar-refractivity contribution < 1.29 is 17.9 Å². The van der Waals surface area contributed by atoms with Crippen LogP contribution >= 0.6 is 0 Å². The van der Waals surface area contributed by atoms with E-state index in [0.717, 1.165) is 12.8 Å². The van der Waals surface area contributed by atoms with Crippen LogP contribution in [-0.2, 0) is 19.6 Å². The first-order chi connectivity index (χ1) is 18.9. The molecule has 0 atom stereocenters. The second kappa shape index (κ2) is 9.95. The summed E-state index contributed by atoms with van der Waals surface area (Å²) in [6.07, 6.45) is 3.68. The second-order valence-corrected chi connectivity index (χ2v) is 11.4. The third kappa shape index (κ3) is 5.10. The first-order valence-corrected chi connectivity index (χ1v) is 14.2. The molecule has 13 heteroatoms. The topological polar surface area (TPSA) is 163 Å². The summed E-state index contributed by atoms with van der Waals surface area (Å²) in [6, 6.07) is 12.4. The quantitative estimate of drug-likeness (QED) is 0.455. The van der Waals surface area contributed by atoms with Gasteiger partial charge >= 0.3 is 0 Å². The van der Waals surface area contributed by atoms with Crippen molar-refractivity contribution in [3.8, 4) is 17.3 Å².